The molecule has 2 aromatic heterocycles. The molecular formula is C20H30FN7O2S2. The Morgan fingerprint density at radius 3 is 2.34 bits per heavy atom. The Hall–Kier alpha value is -1.89. The summed E-state index contributed by atoms with van der Waals surface area (Å²) >= 11 is 1.41. The first-order valence-corrected chi connectivity index (χ1v) is 13.5. The van der Waals surface area contributed by atoms with Crippen molar-refractivity contribution in [2.45, 2.75) is 44.7 Å². The van der Waals surface area contributed by atoms with Gasteiger partial charge in [-0.25, -0.2) is 32.1 Å². The number of thiazole rings is 1. The summed E-state index contributed by atoms with van der Waals surface area (Å²) in [7, 11) is -1.05. The monoisotopic (exact) mass is 483 g/mol. The fourth-order valence-electron chi connectivity index (χ4n) is 4.12. The first kappa shape index (κ1) is 23.3. The van der Waals surface area contributed by atoms with Gasteiger partial charge in [0, 0.05) is 25.2 Å². The number of likely N-dealkylation sites (tertiary alicyclic amines) is 1. The van der Waals surface area contributed by atoms with Crippen molar-refractivity contribution in [3.8, 4) is 10.6 Å². The van der Waals surface area contributed by atoms with Crippen molar-refractivity contribution in [1.82, 2.24) is 24.2 Å². The molecule has 32 heavy (non-hydrogen) atoms. The van der Waals surface area contributed by atoms with E-state index in [1.54, 1.807) is 0 Å². The number of hydrogen-bond acceptors (Lipinski definition) is 9. The second kappa shape index (κ2) is 9.54. The largest absolute Gasteiger partial charge is 0.359 e. The van der Waals surface area contributed by atoms with Gasteiger partial charge in [0.15, 0.2) is 10.9 Å². The molecule has 2 aliphatic rings. The third-order valence-electron chi connectivity index (χ3n) is 6.06. The number of rotatable bonds is 6. The maximum Gasteiger partial charge on any atom is 0.223 e. The van der Waals surface area contributed by atoms with E-state index in [0.29, 0.717) is 42.8 Å². The Labute approximate surface area is 192 Å². The molecule has 0 spiro atoms. The Kier molecular flexibility index (Phi) is 6.94. The van der Waals surface area contributed by atoms with Crippen molar-refractivity contribution in [2.75, 3.05) is 50.1 Å². The molecular weight excluding hydrogens is 453 g/mol. The van der Waals surface area contributed by atoms with E-state index in [1.807, 2.05) is 6.92 Å². The SMILES string of the molecule is Cc1nc(NC2CCN(C)CC2)sc1-c1nc(NC2CCN(S(C)(=O)=O)CC2)ncc1F. The molecule has 2 aliphatic heterocycles. The Morgan fingerprint density at radius 2 is 1.69 bits per heavy atom. The van der Waals surface area contributed by atoms with E-state index in [4.69, 9.17) is 0 Å². The minimum Gasteiger partial charge on any atom is -0.359 e. The standard InChI is InChI=1S/C20H30FN7O2S2/c1-13-18(31-20(23-13)25-15-4-8-27(2)9-5-15)17-16(21)12-22-19(26-17)24-14-6-10-28(11-7-14)32(3,29)30/h12,14-15H,4-11H2,1-3H3,(H,23,25)(H,22,24,26). The molecule has 0 aromatic carbocycles. The average molecular weight is 484 g/mol. The highest BCUT2D eigenvalue weighted by atomic mass is 32.2. The lowest BCUT2D eigenvalue weighted by Gasteiger charge is -2.30. The van der Waals surface area contributed by atoms with Gasteiger partial charge in [-0.15, -0.1) is 0 Å². The fourth-order valence-corrected chi connectivity index (χ4v) is 6.02. The molecule has 0 aliphatic carbocycles. The predicted molar refractivity (Wildman–Crippen MR) is 125 cm³/mol. The van der Waals surface area contributed by atoms with E-state index in [0.717, 1.165) is 36.8 Å². The first-order chi connectivity index (χ1) is 15.2. The molecule has 0 radical (unpaired) electrons. The third kappa shape index (κ3) is 5.53. The minimum absolute atomic E-state index is 0.0375. The zero-order valence-corrected chi connectivity index (χ0v) is 20.3. The molecule has 2 saturated heterocycles. The molecule has 0 atom stereocenters. The van der Waals surface area contributed by atoms with E-state index in [1.165, 1.54) is 28.1 Å². The molecule has 176 valence electrons. The average Bonchev–Trinajstić information content (AvgIpc) is 3.10. The zero-order chi connectivity index (χ0) is 22.9. The summed E-state index contributed by atoms with van der Waals surface area (Å²) in [5, 5.41) is 7.52. The number of aryl methyl sites for hydroxylation is 1. The van der Waals surface area contributed by atoms with Gasteiger partial charge in [0.1, 0.15) is 5.69 Å². The van der Waals surface area contributed by atoms with Gasteiger partial charge in [0.25, 0.3) is 0 Å². The topological polar surface area (TPSA) is 103 Å². The van der Waals surface area contributed by atoms with Crippen LogP contribution in [0.5, 0.6) is 0 Å². The summed E-state index contributed by atoms with van der Waals surface area (Å²) in [6.07, 6.45) is 5.81. The number of sulfonamides is 1. The van der Waals surface area contributed by atoms with Crippen molar-refractivity contribution in [3.05, 3.63) is 17.7 Å². The molecule has 0 unspecified atom stereocenters. The van der Waals surface area contributed by atoms with Crippen LogP contribution in [-0.2, 0) is 10.0 Å². The van der Waals surface area contributed by atoms with Crippen LogP contribution < -0.4 is 10.6 Å². The van der Waals surface area contributed by atoms with Crippen molar-refractivity contribution < 1.29 is 12.8 Å². The van der Waals surface area contributed by atoms with Crippen molar-refractivity contribution in [3.63, 3.8) is 0 Å². The van der Waals surface area contributed by atoms with Gasteiger partial charge in [0.05, 0.1) is 23.0 Å². The van der Waals surface area contributed by atoms with Crippen LogP contribution in [0.1, 0.15) is 31.4 Å². The Morgan fingerprint density at radius 1 is 1.06 bits per heavy atom. The number of halogens is 1. The van der Waals surface area contributed by atoms with Crippen molar-refractivity contribution in [2.24, 2.45) is 0 Å². The van der Waals surface area contributed by atoms with Gasteiger partial charge in [-0.3, -0.25) is 0 Å². The summed E-state index contributed by atoms with van der Waals surface area (Å²) in [6, 6.07) is 0.408. The first-order valence-electron chi connectivity index (χ1n) is 10.9. The highest BCUT2D eigenvalue weighted by molar-refractivity contribution is 7.88. The molecule has 12 heteroatoms. The molecule has 4 rings (SSSR count). The van der Waals surface area contributed by atoms with Crippen molar-refractivity contribution in [1.29, 1.82) is 0 Å². The summed E-state index contributed by atoms with van der Waals surface area (Å²) in [6.45, 7) is 4.86. The van der Waals surface area contributed by atoms with Crippen LogP contribution in [0.3, 0.4) is 0 Å². The highest BCUT2D eigenvalue weighted by Gasteiger charge is 2.26. The highest BCUT2D eigenvalue weighted by Crippen LogP contribution is 2.34. The summed E-state index contributed by atoms with van der Waals surface area (Å²) in [5.41, 5.74) is 0.970. The van der Waals surface area contributed by atoms with Crippen LogP contribution in [-0.4, -0.2) is 84.1 Å². The normalized spacial score (nSPS) is 19.9. The quantitative estimate of drug-likeness (QED) is 0.646. The number of nitrogens with zero attached hydrogens (tertiary/aromatic N) is 5. The van der Waals surface area contributed by atoms with Crippen LogP contribution in [0.25, 0.3) is 10.6 Å². The number of piperidine rings is 2. The summed E-state index contributed by atoms with van der Waals surface area (Å²) < 4.78 is 39.5. The van der Waals surface area contributed by atoms with Crippen molar-refractivity contribution >= 4 is 32.4 Å². The molecule has 0 bridgehead atoms. The third-order valence-corrected chi connectivity index (χ3v) is 8.46. The van der Waals surface area contributed by atoms with Crippen LogP contribution in [0.2, 0.25) is 0 Å². The second-order valence-electron chi connectivity index (χ2n) is 8.63. The Bertz CT molecular complexity index is 1050. The number of aromatic nitrogens is 3. The number of nitrogens with one attached hydrogen (secondary N) is 2. The maximum absolute atomic E-state index is 14.6. The predicted octanol–water partition coefficient (Wildman–Crippen LogP) is 2.39. The van der Waals surface area contributed by atoms with E-state index >= 15 is 0 Å². The summed E-state index contributed by atoms with van der Waals surface area (Å²) in [5.74, 6) is -0.142. The van der Waals surface area contributed by atoms with Gasteiger partial charge >= 0.3 is 0 Å². The van der Waals surface area contributed by atoms with E-state index in [2.05, 4.69) is 37.5 Å². The van der Waals surface area contributed by atoms with Gasteiger partial charge in [0.2, 0.25) is 16.0 Å². The Balaban J connectivity index is 1.44. The lowest BCUT2D eigenvalue weighted by molar-refractivity contribution is 0.264. The molecule has 4 heterocycles. The lowest BCUT2D eigenvalue weighted by Crippen LogP contribution is -2.42. The molecule has 2 N–H and O–H groups in total. The lowest BCUT2D eigenvalue weighted by atomic mass is 10.1. The molecule has 2 aromatic rings. The van der Waals surface area contributed by atoms with E-state index < -0.39 is 15.8 Å². The van der Waals surface area contributed by atoms with Gasteiger partial charge in [-0.1, -0.05) is 11.3 Å². The fraction of sp³-hybridized carbons (Fsp3) is 0.650. The number of anilines is 2. The summed E-state index contributed by atoms with van der Waals surface area (Å²) in [4.78, 5) is 16.1. The smallest absolute Gasteiger partial charge is 0.223 e. The minimum atomic E-state index is -3.18. The van der Waals surface area contributed by atoms with Crippen LogP contribution >= 0.6 is 11.3 Å². The van der Waals surface area contributed by atoms with E-state index in [-0.39, 0.29) is 11.7 Å². The van der Waals surface area contributed by atoms with Crippen LogP contribution in [0.4, 0.5) is 15.5 Å². The zero-order valence-electron chi connectivity index (χ0n) is 18.6. The van der Waals surface area contributed by atoms with E-state index in [9.17, 15) is 12.8 Å². The molecule has 9 nitrogen and oxygen atoms in total. The maximum atomic E-state index is 14.6. The molecule has 0 saturated carbocycles. The van der Waals surface area contributed by atoms with Gasteiger partial charge < -0.3 is 15.5 Å². The number of hydrogen-bond donors (Lipinski definition) is 2. The van der Waals surface area contributed by atoms with Gasteiger partial charge in [-0.2, -0.15) is 0 Å². The molecule has 0 amide bonds. The van der Waals surface area contributed by atoms with Gasteiger partial charge in [-0.05, 0) is 52.7 Å². The molecule has 2 fully saturated rings. The van der Waals surface area contributed by atoms with Crippen LogP contribution in [0.15, 0.2) is 6.20 Å². The second-order valence-corrected chi connectivity index (χ2v) is 11.6. The van der Waals surface area contributed by atoms with Crippen LogP contribution in [0, 0.1) is 12.7 Å².